The number of hydrogen-bond acceptors (Lipinski definition) is 1. The van der Waals surface area contributed by atoms with Crippen LogP contribution in [0.3, 0.4) is 0 Å². The number of likely N-dealkylation sites (N-methyl/N-ethyl adjacent to an activating group) is 2. The molecule has 0 aliphatic rings. The second-order valence-electron chi connectivity index (χ2n) is 1.15. The van der Waals surface area contributed by atoms with Crippen LogP contribution in [0, 0.1) is 0 Å². The maximum absolute atomic E-state index is 10.2. The molecular weight excluding hydrogens is 359 g/mol. The minimum absolute atomic E-state index is 0. The largest absolute Gasteiger partial charge is 0.657 e. The van der Waals surface area contributed by atoms with E-state index in [1.807, 2.05) is 0 Å². The smallest absolute Gasteiger partial charge is 0.199 e. The van der Waals surface area contributed by atoms with Crippen LogP contribution in [0.1, 0.15) is 0 Å². The van der Waals surface area contributed by atoms with Gasteiger partial charge in [-0.1, -0.05) is 6.54 Å². The molecule has 3 nitrogen and oxygen atoms in total. The number of nitrogens with one attached hydrogen (secondary N) is 1. The van der Waals surface area contributed by atoms with Gasteiger partial charge in [-0.05, 0) is 0 Å². The number of carbonyl (C=O) groups is 1. The van der Waals surface area contributed by atoms with Crippen molar-refractivity contribution in [3.8, 4) is 0 Å². The monoisotopic (exact) mass is 368 g/mol. The molecule has 44 valence electrons. The zero-order valence-electron chi connectivity index (χ0n) is 5.27. The van der Waals surface area contributed by atoms with E-state index < -0.39 is 0 Å². The Hall–Kier alpha value is -1.57. The summed E-state index contributed by atoms with van der Waals surface area (Å²) in [4.78, 5) is 10.2. The first kappa shape index (κ1) is 9.66. The van der Waals surface area contributed by atoms with Gasteiger partial charge in [0.2, 0.25) is 0 Å². The molecule has 0 heterocycles. The molecule has 8 heavy (non-hydrogen) atoms. The Kier molecular flexibility index (Phi) is 6.56. The average molecular weight is 368 g/mol. The van der Waals surface area contributed by atoms with E-state index in [0.29, 0.717) is 0 Å². The van der Waals surface area contributed by atoms with Gasteiger partial charge in [0.15, 0.2) is 5.91 Å². The predicted molar refractivity (Wildman–Crippen MR) is 28.2 cm³/mol. The minimum atomic E-state index is -0.0394. The van der Waals surface area contributed by atoms with Gasteiger partial charge in [0.25, 0.3) is 0 Å². The first-order valence-electron chi connectivity index (χ1n) is 2.07. The molecular formula is C4H9N2ORf-. The van der Waals surface area contributed by atoms with Crippen LogP contribution in [0.4, 0.5) is 0 Å². The van der Waals surface area contributed by atoms with Crippen molar-refractivity contribution < 1.29 is 4.79 Å². The molecule has 0 radical (unpaired) electrons. The molecule has 1 N–H and O–H groups in total. The maximum atomic E-state index is 10.2. The van der Waals surface area contributed by atoms with Crippen LogP contribution in [-0.2, 0) is 4.79 Å². The molecule has 0 unspecified atom stereocenters. The quantitative estimate of drug-likeness (QED) is 0.717. The van der Waals surface area contributed by atoms with Crippen molar-refractivity contribution in [2.45, 2.75) is 0 Å². The molecule has 0 aliphatic carbocycles. The first-order chi connectivity index (χ1) is 3.31. The maximum Gasteiger partial charge on any atom is 0.199 e. The molecule has 0 atom stereocenters. The van der Waals surface area contributed by atoms with Crippen LogP contribution in [0.5, 0.6) is 0 Å². The van der Waals surface area contributed by atoms with E-state index in [1.165, 1.54) is 0 Å². The molecule has 0 spiro atoms. The zero-order chi connectivity index (χ0) is 5.70. The van der Waals surface area contributed by atoms with Crippen molar-refractivity contribution >= 4 is 5.91 Å². The zero-order valence-corrected chi connectivity index (χ0v) is 11.7. The topological polar surface area (TPSA) is 43.2 Å². The van der Waals surface area contributed by atoms with Crippen molar-refractivity contribution in [1.82, 2.24) is 5.32 Å². The summed E-state index contributed by atoms with van der Waals surface area (Å²) in [6, 6.07) is 0. The molecule has 0 aromatic heterocycles. The fraction of sp³-hybridized carbons (Fsp3) is 0.750. The fourth-order valence-corrected chi connectivity index (χ4v) is 0.223. The number of rotatable bonds is 2. The van der Waals surface area contributed by atoms with Gasteiger partial charge < -0.3 is 10.6 Å². The summed E-state index contributed by atoms with van der Waals surface area (Å²) in [6.07, 6.45) is 0. The van der Waals surface area contributed by atoms with Gasteiger partial charge in [-0.25, -0.2) is 0 Å². The molecule has 0 saturated carbocycles. The molecule has 0 saturated heterocycles. The van der Waals surface area contributed by atoms with Gasteiger partial charge >= 0.3 is 0 Å². The van der Waals surface area contributed by atoms with Gasteiger partial charge in [-0.3, -0.25) is 4.79 Å². The summed E-state index contributed by atoms with van der Waals surface area (Å²) >= 11 is 0. The predicted octanol–water partition coefficient (Wildman–Crippen LogP) is -0.264. The van der Waals surface area contributed by atoms with Gasteiger partial charge in [-0.15, -0.1) is 0 Å². The van der Waals surface area contributed by atoms with Crippen LogP contribution in [0.25, 0.3) is 5.32 Å². The van der Waals surface area contributed by atoms with E-state index in [4.69, 9.17) is 0 Å². The Bertz CT molecular complexity index is 67.1. The van der Waals surface area contributed by atoms with Gasteiger partial charge in [0.05, 0.1) is 0 Å². The van der Waals surface area contributed by atoms with Crippen molar-refractivity contribution in [1.29, 1.82) is 0 Å². The normalized spacial score (nSPS) is 7.25. The van der Waals surface area contributed by atoms with E-state index in [1.54, 1.807) is 14.1 Å². The fourth-order valence-electron chi connectivity index (χ4n) is 0.223. The van der Waals surface area contributed by atoms with Crippen molar-refractivity contribution in [3.05, 3.63) is 5.32 Å². The van der Waals surface area contributed by atoms with Gasteiger partial charge in [-0.2, -0.15) is 7.05 Å². The number of carbonyl (C=O) groups excluding carboxylic acids is 1. The van der Waals surface area contributed by atoms with Crippen LogP contribution in [0.15, 0.2) is 0 Å². The Labute approximate surface area is 43.1 Å². The Balaban J connectivity index is 0. The van der Waals surface area contributed by atoms with E-state index in [0.717, 1.165) is 0 Å². The Morgan fingerprint density at radius 1 is 1.75 bits per heavy atom. The van der Waals surface area contributed by atoms with Crippen molar-refractivity contribution in [2.75, 3.05) is 20.6 Å². The number of hydrogen-bond donors (Lipinski definition) is 1. The van der Waals surface area contributed by atoms with Crippen LogP contribution in [-0.4, -0.2) is 26.5 Å². The van der Waals surface area contributed by atoms with E-state index in [-0.39, 0.29) is 12.5 Å². The van der Waals surface area contributed by atoms with E-state index >= 15 is 0 Å². The third kappa shape index (κ3) is 4.43. The number of amides is 1. The van der Waals surface area contributed by atoms with Crippen molar-refractivity contribution in [2.24, 2.45) is 0 Å². The molecule has 0 rings (SSSR count). The van der Waals surface area contributed by atoms with E-state index in [9.17, 15) is 4.79 Å². The first-order valence-corrected chi connectivity index (χ1v) is 2.07. The SMILES string of the molecule is C[N-]CC(=O)NC.[Rf]. The average Bonchev–Trinajstić information content (AvgIpc) is 1.68. The summed E-state index contributed by atoms with van der Waals surface area (Å²) in [6.45, 7) is 0.274. The standard InChI is InChI=1S/C4H9N2O.Rf/c1-5-3-4(7)6-2;/h3H2,1-2H3,(H,6,7);/q-1;. The minimum Gasteiger partial charge on any atom is -0.657 e. The van der Waals surface area contributed by atoms with Gasteiger partial charge in [0.1, 0.15) is 0 Å². The van der Waals surface area contributed by atoms with E-state index in [2.05, 4.69) is 10.6 Å². The summed E-state index contributed by atoms with van der Waals surface area (Å²) in [7, 11) is 3.20. The molecule has 0 bridgehead atoms. The molecule has 0 fully saturated rings. The summed E-state index contributed by atoms with van der Waals surface area (Å²) in [5.74, 6) is -0.0394. The molecule has 0 aliphatic heterocycles. The Morgan fingerprint density at radius 3 is 2.38 bits per heavy atom. The van der Waals surface area contributed by atoms with Crippen molar-refractivity contribution in [3.63, 3.8) is 0 Å². The third-order valence-electron chi connectivity index (χ3n) is 0.581. The summed E-state index contributed by atoms with van der Waals surface area (Å²) < 4.78 is 0. The summed E-state index contributed by atoms with van der Waals surface area (Å²) in [5.41, 5.74) is 0. The second kappa shape index (κ2) is 5.43. The van der Waals surface area contributed by atoms with Crippen LogP contribution in [0.2, 0.25) is 0 Å². The van der Waals surface area contributed by atoms with Gasteiger partial charge in [0, 0.05) is 7.05 Å². The molecule has 0 aromatic rings. The van der Waals surface area contributed by atoms with Crippen LogP contribution >= 0.6 is 0 Å². The summed E-state index contributed by atoms with van der Waals surface area (Å²) in [5, 5.41) is 6.03. The van der Waals surface area contributed by atoms with Crippen LogP contribution < -0.4 is 5.32 Å². The Morgan fingerprint density at radius 2 is 2.25 bits per heavy atom. The molecule has 0 aromatic carbocycles. The molecule has 4 heteroatoms. The second-order valence-corrected chi connectivity index (χ2v) is 1.15. The number of nitrogens with zero attached hydrogens (tertiary/aromatic N) is 1. The third-order valence-corrected chi connectivity index (χ3v) is 0.581. The molecule has 1 amide bonds.